The van der Waals surface area contributed by atoms with Gasteiger partial charge in [-0.25, -0.2) is 14.8 Å². The van der Waals surface area contributed by atoms with Crippen LogP contribution >= 0.6 is 0 Å². The lowest BCUT2D eigenvalue weighted by molar-refractivity contribution is -0.0442. The van der Waals surface area contributed by atoms with Gasteiger partial charge in [0.15, 0.2) is 5.69 Å². The Morgan fingerprint density at radius 3 is 2.82 bits per heavy atom. The lowest BCUT2D eigenvalue weighted by Crippen LogP contribution is -2.29. The van der Waals surface area contributed by atoms with E-state index in [1.165, 1.54) is 11.1 Å². The highest BCUT2D eigenvalue weighted by Gasteiger charge is 2.24. The quantitative estimate of drug-likeness (QED) is 0.750. The summed E-state index contributed by atoms with van der Waals surface area (Å²) in [5.74, 6) is 0.789. The second kappa shape index (κ2) is 9.15. The average molecular weight is 383 g/mol. The van der Waals surface area contributed by atoms with Crippen LogP contribution in [0.5, 0.6) is 0 Å². The van der Waals surface area contributed by atoms with Gasteiger partial charge in [-0.3, -0.25) is 0 Å². The van der Waals surface area contributed by atoms with Crippen molar-refractivity contribution < 1.29 is 14.3 Å². The van der Waals surface area contributed by atoms with Crippen LogP contribution in [0.2, 0.25) is 0 Å². The Balaban J connectivity index is 1.67. The molecule has 28 heavy (non-hydrogen) atoms. The standard InChI is InChI=1S/C22H29N3O3/c1-5-27-22(26)20-15(3)21(25-16(4)24-20)23-13-18-10-7-11-19(28-18)17-9-6-8-14(2)12-17/h6,8-9,12,18-19H,5,7,10-11,13H2,1-4H3,(H,23,24,25)/t18-,19+/m0/s1. The number of rotatable bonds is 6. The molecule has 0 spiro atoms. The molecule has 0 bridgehead atoms. The first kappa shape index (κ1) is 20.3. The number of anilines is 1. The molecule has 1 N–H and O–H groups in total. The smallest absolute Gasteiger partial charge is 0.357 e. The van der Waals surface area contributed by atoms with Crippen molar-refractivity contribution in [2.45, 2.75) is 59.2 Å². The Morgan fingerprint density at radius 1 is 1.25 bits per heavy atom. The predicted molar refractivity (Wildman–Crippen MR) is 109 cm³/mol. The van der Waals surface area contributed by atoms with E-state index in [4.69, 9.17) is 9.47 Å². The molecule has 6 heteroatoms. The Morgan fingerprint density at radius 2 is 2.07 bits per heavy atom. The fourth-order valence-electron chi connectivity index (χ4n) is 3.57. The number of ether oxygens (including phenoxy) is 2. The minimum atomic E-state index is -0.415. The van der Waals surface area contributed by atoms with E-state index in [1.807, 2.05) is 6.92 Å². The Bertz CT molecular complexity index is 838. The van der Waals surface area contributed by atoms with E-state index in [1.54, 1.807) is 13.8 Å². The SMILES string of the molecule is CCOC(=O)c1nc(C)nc(NC[C@@H]2CCC[C@H](c3cccc(C)c3)O2)c1C. The van der Waals surface area contributed by atoms with Crippen molar-refractivity contribution in [3.63, 3.8) is 0 Å². The largest absolute Gasteiger partial charge is 0.461 e. The molecule has 2 heterocycles. The summed E-state index contributed by atoms with van der Waals surface area (Å²) in [6.45, 7) is 8.46. The zero-order chi connectivity index (χ0) is 20.1. The Kier molecular flexibility index (Phi) is 6.62. The van der Waals surface area contributed by atoms with E-state index < -0.39 is 5.97 Å². The molecule has 0 radical (unpaired) electrons. The highest BCUT2D eigenvalue weighted by atomic mass is 16.5. The number of aryl methyl sites for hydroxylation is 2. The summed E-state index contributed by atoms with van der Waals surface area (Å²) < 4.78 is 11.4. The molecule has 1 aliphatic heterocycles. The number of carbonyl (C=O) groups excluding carboxylic acids is 1. The van der Waals surface area contributed by atoms with Gasteiger partial charge in [-0.05, 0) is 52.5 Å². The van der Waals surface area contributed by atoms with Crippen molar-refractivity contribution in [2.24, 2.45) is 0 Å². The van der Waals surface area contributed by atoms with Crippen molar-refractivity contribution in [3.8, 4) is 0 Å². The third-order valence-electron chi connectivity index (χ3n) is 4.99. The number of nitrogens with zero attached hydrogens (tertiary/aromatic N) is 2. The first-order valence-corrected chi connectivity index (χ1v) is 9.96. The maximum atomic E-state index is 12.1. The van der Waals surface area contributed by atoms with Crippen LogP contribution in [-0.2, 0) is 9.47 Å². The van der Waals surface area contributed by atoms with Gasteiger partial charge in [0.1, 0.15) is 11.6 Å². The second-order valence-electron chi connectivity index (χ2n) is 7.29. The number of aromatic nitrogens is 2. The molecule has 1 saturated heterocycles. The number of carbonyl (C=O) groups is 1. The third-order valence-corrected chi connectivity index (χ3v) is 4.99. The summed E-state index contributed by atoms with van der Waals surface area (Å²) >= 11 is 0. The maximum Gasteiger partial charge on any atom is 0.357 e. The maximum absolute atomic E-state index is 12.1. The molecule has 0 unspecified atom stereocenters. The van der Waals surface area contributed by atoms with Crippen LogP contribution in [0.25, 0.3) is 0 Å². The fraction of sp³-hybridized carbons (Fsp3) is 0.500. The summed E-state index contributed by atoms with van der Waals surface area (Å²) in [6.07, 6.45) is 3.39. The molecule has 3 rings (SSSR count). The van der Waals surface area contributed by atoms with Gasteiger partial charge >= 0.3 is 5.97 Å². The summed E-state index contributed by atoms with van der Waals surface area (Å²) in [5, 5.41) is 3.36. The normalized spacial score (nSPS) is 19.3. The molecule has 1 aromatic heterocycles. The highest BCUT2D eigenvalue weighted by Crippen LogP contribution is 2.31. The molecular formula is C22H29N3O3. The molecule has 6 nitrogen and oxygen atoms in total. The molecule has 2 aromatic rings. The number of nitrogens with one attached hydrogen (secondary N) is 1. The molecule has 1 aliphatic rings. The second-order valence-corrected chi connectivity index (χ2v) is 7.29. The molecule has 0 saturated carbocycles. The van der Waals surface area contributed by atoms with E-state index >= 15 is 0 Å². The third kappa shape index (κ3) is 4.87. The summed E-state index contributed by atoms with van der Waals surface area (Å²) in [6, 6.07) is 8.52. The molecule has 2 atom stereocenters. The van der Waals surface area contributed by atoms with Gasteiger partial charge in [0.05, 0.1) is 18.8 Å². The number of hydrogen-bond donors (Lipinski definition) is 1. The van der Waals surface area contributed by atoms with Crippen molar-refractivity contribution >= 4 is 11.8 Å². The fourth-order valence-corrected chi connectivity index (χ4v) is 3.57. The minimum absolute atomic E-state index is 0.0972. The van der Waals surface area contributed by atoms with Gasteiger partial charge in [0.2, 0.25) is 0 Å². The molecule has 1 fully saturated rings. The van der Waals surface area contributed by atoms with Crippen LogP contribution in [0.15, 0.2) is 24.3 Å². The highest BCUT2D eigenvalue weighted by molar-refractivity contribution is 5.90. The van der Waals surface area contributed by atoms with Crippen molar-refractivity contribution in [1.82, 2.24) is 9.97 Å². The van der Waals surface area contributed by atoms with E-state index in [0.717, 1.165) is 19.3 Å². The summed E-state index contributed by atoms with van der Waals surface area (Å²) in [7, 11) is 0. The van der Waals surface area contributed by atoms with E-state index in [9.17, 15) is 4.79 Å². The lowest BCUT2D eigenvalue weighted by Gasteiger charge is -2.31. The zero-order valence-electron chi connectivity index (χ0n) is 17.1. The van der Waals surface area contributed by atoms with Gasteiger partial charge in [-0.1, -0.05) is 29.8 Å². The van der Waals surface area contributed by atoms with Gasteiger partial charge in [0, 0.05) is 12.1 Å². The van der Waals surface area contributed by atoms with Crippen molar-refractivity contribution in [2.75, 3.05) is 18.5 Å². The minimum Gasteiger partial charge on any atom is -0.461 e. The van der Waals surface area contributed by atoms with Crippen LogP contribution in [0.4, 0.5) is 5.82 Å². The van der Waals surface area contributed by atoms with Crippen LogP contribution in [-0.4, -0.2) is 35.2 Å². The van der Waals surface area contributed by atoms with E-state index in [-0.39, 0.29) is 12.2 Å². The molecule has 0 aliphatic carbocycles. The topological polar surface area (TPSA) is 73.3 Å². The number of benzene rings is 1. The Hall–Kier alpha value is -2.47. The van der Waals surface area contributed by atoms with Crippen LogP contribution in [0.1, 0.15) is 65.3 Å². The average Bonchev–Trinajstić information content (AvgIpc) is 2.68. The number of esters is 1. The van der Waals surface area contributed by atoms with E-state index in [0.29, 0.717) is 36.1 Å². The van der Waals surface area contributed by atoms with E-state index in [2.05, 4.69) is 46.5 Å². The van der Waals surface area contributed by atoms with Crippen LogP contribution < -0.4 is 5.32 Å². The molecule has 1 aromatic carbocycles. The van der Waals surface area contributed by atoms with Gasteiger partial charge < -0.3 is 14.8 Å². The van der Waals surface area contributed by atoms with Crippen LogP contribution in [0.3, 0.4) is 0 Å². The molecular weight excluding hydrogens is 354 g/mol. The van der Waals surface area contributed by atoms with Crippen LogP contribution in [0, 0.1) is 20.8 Å². The van der Waals surface area contributed by atoms with Crippen molar-refractivity contribution in [1.29, 1.82) is 0 Å². The van der Waals surface area contributed by atoms with Gasteiger partial charge in [0.25, 0.3) is 0 Å². The Labute approximate surface area is 166 Å². The first-order chi connectivity index (χ1) is 13.5. The lowest BCUT2D eigenvalue weighted by atomic mass is 9.97. The zero-order valence-corrected chi connectivity index (χ0v) is 17.1. The number of hydrogen-bond acceptors (Lipinski definition) is 6. The monoisotopic (exact) mass is 383 g/mol. The van der Waals surface area contributed by atoms with Gasteiger partial charge in [-0.2, -0.15) is 0 Å². The summed E-state index contributed by atoms with van der Waals surface area (Å²) in [4.78, 5) is 20.9. The first-order valence-electron chi connectivity index (χ1n) is 9.96. The van der Waals surface area contributed by atoms with Gasteiger partial charge in [-0.15, -0.1) is 0 Å². The van der Waals surface area contributed by atoms with Crippen molar-refractivity contribution in [3.05, 3.63) is 52.5 Å². The predicted octanol–water partition coefficient (Wildman–Crippen LogP) is 4.30. The molecule has 150 valence electrons. The molecule has 0 amide bonds. The summed E-state index contributed by atoms with van der Waals surface area (Å²) in [5.41, 5.74) is 3.51.